The van der Waals surface area contributed by atoms with Crippen molar-refractivity contribution in [3.05, 3.63) is 64.7 Å². The second-order valence-corrected chi connectivity index (χ2v) is 9.90. The van der Waals surface area contributed by atoms with E-state index in [-0.39, 0.29) is 12.5 Å². The molecule has 28 heavy (non-hydrogen) atoms. The van der Waals surface area contributed by atoms with Gasteiger partial charge in [-0.2, -0.15) is 11.8 Å². The number of anilines is 1. The lowest BCUT2D eigenvalue weighted by atomic mass is 10.1. The highest BCUT2D eigenvalue weighted by atomic mass is 32.2. The van der Waals surface area contributed by atoms with Gasteiger partial charge in [-0.05, 0) is 43.5 Å². The molecule has 2 aromatic carbocycles. The normalized spacial score (nSPS) is 11.3. The van der Waals surface area contributed by atoms with Gasteiger partial charge in [-0.15, -0.1) is 0 Å². The Balaban J connectivity index is 1.88. The highest BCUT2D eigenvalue weighted by molar-refractivity contribution is 7.98. The molecular formula is C21H28N2O3S2. The Morgan fingerprint density at radius 1 is 1.07 bits per heavy atom. The molecule has 0 saturated heterocycles. The molecule has 0 fully saturated rings. The van der Waals surface area contributed by atoms with E-state index in [0.29, 0.717) is 12.2 Å². The number of aryl methyl sites for hydroxylation is 3. The topological polar surface area (TPSA) is 66.5 Å². The summed E-state index contributed by atoms with van der Waals surface area (Å²) in [6.07, 6.45) is 1.12. The molecule has 1 N–H and O–H groups in total. The van der Waals surface area contributed by atoms with Crippen LogP contribution in [0.5, 0.6) is 0 Å². The lowest BCUT2D eigenvalue weighted by molar-refractivity contribution is -0.119. The van der Waals surface area contributed by atoms with E-state index in [9.17, 15) is 13.2 Å². The van der Waals surface area contributed by atoms with E-state index in [1.165, 1.54) is 11.1 Å². The molecule has 152 valence electrons. The number of carbonyl (C=O) groups excluding carboxylic acids is 1. The summed E-state index contributed by atoms with van der Waals surface area (Å²) < 4.78 is 25.6. The van der Waals surface area contributed by atoms with Crippen molar-refractivity contribution < 1.29 is 13.2 Å². The van der Waals surface area contributed by atoms with E-state index >= 15 is 0 Å². The van der Waals surface area contributed by atoms with Crippen molar-refractivity contribution in [2.45, 2.75) is 26.5 Å². The molecule has 0 aliphatic heterocycles. The van der Waals surface area contributed by atoms with Gasteiger partial charge in [-0.25, -0.2) is 8.42 Å². The van der Waals surface area contributed by atoms with Crippen LogP contribution >= 0.6 is 11.8 Å². The predicted octanol–water partition coefficient (Wildman–Crippen LogP) is 3.43. The van der Waals surface area contributed by atoms with Crippen molar-refractivity contribution in [3.8, 4) is 0 Å². The van der Waals surface area contributed by atoms with Gasteiger partial charge in [-0.3, -0.25) is 9.10 Å². The maximum Gasteiger partial charge on any atom is 0.240 e. The Morgan fingerprint density at radius 2 is 1.79 bits per heavy atom. The van der Waals surface area contributed by atoms with E-state index in [0.717, 1.165) is 33.2 Å². The molecule has 0 aromatic heterocycles. The van der Waals surface area contributed by atoms with Crippen LogP contribution in [0.4, 0.5) is 5.69 Å². The Labute approximate surface area is 172 Å². The number of rotatable bonds is 9. The fourth-order valence-corrected chi connectivity index (χ4v) is 4.72. The highest BCUT2D eigenvalue weighted by Gasteiger charge is 2.22. The van der Waals surface area contributed by atoms with Crippen LogP contribution in [0.3, 0.4) is 0 Å². The molecule has 0 bridgehead atoms. The lowest BCUT2D eigenvalue weighted by Crippen LogP contribution is -2.41. The van der Waals surface area contributed by atoms with Crippen LogP contribution in [0.2, 0.25) is 0 Å². The molecule has 0 aliphatic carbocycles. The van der Waals surface area contributed by atoms with Crippen LogP contribution in [-0.4, -0.2) is 39.4 Å². The van der Waals surface area contributed by atoms with Gasteiger partial charge < -0.3 is 5.32 Å². The minimum atomic E-state index is -3.56. The van der Waals surface area contributed by atoms with Gasteiger partial charge in [-0.1, -0.05) is 42.0 Å². The minimum Gasteiger partial charge on any atom is -0.354 e. The summed E-state index contributed by atoms with van der Waals surface area (Å²) in [6, 6.07) is 13.7. The SMILES string of the molecule is Cc1ccc(N(CC(=O)NCCSCc2ccccc2C)S(C)(=O)=O)c(C)c1. The number of hydrogen-bond donors (Lipinski definition) is 1. The number of hydrogen-bond acceptors (Lipinski definition) is 4. The molecule has 7 heteroatoms. The summed E-state index contributed by atoms with van der Waals surface area (Å²) in [5, 5.41) is 2.82. The van der Waals surface area contributed by atoms with Crippen molar-refractivity contribution in [2.75, 3.05) is 29.4 Å². The van der Waals surface area contributed by atoms with E-state index in [4.69, 9.17) is 0 Å². The lowest BCUT2D eigenvalue weighted by Gasteiger charge is -2.24. The summed E-state index contributed by atoms with van der Waals surface area (Å²) in [7, 11) is -3.56. The first-order chi connectivity index (χ1) is 13.2. The summed E-state index contributed by atoms with van der Waals surface area (Å²) >= 11 is 1.74. The van der Waals surface area contributed by atoms with Gasteiger partial charge in [0.25, 0.3) is 0 Å². The fourth-order valence-electron chi connectivity index (χ4n) is 2.87. The predicted molar refractivity (Wildman–Crippen MR) is 118 cm³/mol. The zero-order chi connectivity index (χ0) is 20.7. The molecule has 2 aromatic rings. The van der Waals surface area contributed by atoms with Crippen molar-refractivity contribution in [1.29, 1.82) is 0 Å². The molecule has 0 unspecified atom stereocenters. The maximum atomic E-state index is 12.3. The number of sulfonamides is 1. The smallest absolute Gasteiger partial charge is 0.240 e. The number of nitrogens with one attached hydrogen (secondary N) is 1. The first kappa shape index (κ1) is 22.3. The Morgan fingerprint density at radius 3 is 2.43 bits per heavy atom. The average Bonchev–Trinajstić information content (AvgIpc) is 2.60. The number of nitrogens with zero attached hydrogens (tertiary/aromatic N) is 1. The molecule has 5 nitrogen and oxygen atoms in total. The third-order valence-corrected chi connectivity index (χ3v) is 6.53. The maximum absolute atomic E-state index is 12.3. The number of thioether (sulfide) groups is 1. The molecule has 0 aliphatic rings. The Hall–Kier alpha value is -1.99. The summed E-state index contributed by atoms with van der Waals surface area (Å²) in [6.45, 7) is 6.17. The van der Waals surface area contributed by atoms with Crippen LogP contribution in [0, 0.1) is 20.8 Å². The first-order valence-electron chi connectivity index (χ1n) is 9.12. The van der Waals surface area contributed by atoms with Crippen LogP contribution in [-0.2, 0) is 20.6 Å². The number of amides is 1. The standard InChI is InChI=1S/C21H28N2O3S2/c1-16-9-10-20(18(3)13-16)23(28(4,25)26)14-21(24)22-11-12-27-15-19-8-6-5-7-17(19)2/h5-10,13H,11-12,14-15H2,1-4H3,(H,22,24). The van der Waals surface area contributed by atoms with Crippen LogP contribution in [0.1, 0.15) is 22.3 Å². The zero-order valence-corrected chi connectivity index (χ0v) is 18.5. The zero-order valence-electron chi connectivity index (χ0n) is 16.9. The van der Waals surface area contributed by atoms with E-state index in [1.54, 1.807) is 17.8 Å². The van der Waals surface area contributed by atoms with Gasteiger partial charge in [0.05, 0.1) is 11.9 Å². The van der Waals surface area contributed by atoms with Crippen LogP contribution in [0.15, 0.2) is 42.5 Å². The molecule has 1 amide bonds. The third kappa shape index (κ3) is 6.56. The van der Waals surface area contributed by atoms with Crippen molar-refractivity contribution >= 4 is 33.4 Å². The van der Waals surface area contributed by atoms with Gasteiger partial charge in [0.1, 0.15) is 6.54 Å². The van der Waals surface area contributed by atoms with Gasteiger partial charge in [0.2, 0.25) is 15.9 Å². The molecule has 0 heterocycles. The van der Waals surface area contributed by atoms with E-state index in [2.05, 4.69) is 24.4 Å². The molecule has 0 radical (unpaired) electrons. The Kier molecular flexibility index (Phi) is 7.95. The summed E-state index contributed by atoms with van der Waals surface area (Å²) in [5.74, 6) is 1.35. The molecule has 0 spiro atoms. The third-order valence-electron chi connectivity index (χ3n) is 4.40. The monoisotopic (exact) mass is 420 g/mol. The number of benzene rings is 2. The Bertz CT molecular complexity index is 927. The largest absolute Gasteiger partial charge is 0.354 e. The molecule has 2 rings (SSSR count). The van der Waals surface area contributed by atoms with E-state index in [1.807, 2.05) is 38.1 Å². The summed E-state index contributed by atoms with van der Waals surface area (Å²) in [5.41, 5.74) is 4.96. The molecule has 0 atom stereocenters. The number of carbonyl (C=O) groups is 1. The second kappa shape index (κ2) is 9.98. The highest BCUT2D eigenvalue weighted by Crippen LogP contribution is 2.23. The van der Waals surface area contributed by atoms with Gasteiger partial charge in [0, 0.05) is 18.1 Å². The van der Waals surface area contributed by atoms with Crippen molar-refractivity contribution in [3.63, 3.8) is 0 Å². The average molecular weight is 421 g/mol. The van der Waals surface area contributed by atoms with Crippen LogP contribution in [0.25, 0.3) is 0 Å². The van der Waals surface area contributed by atoms with E-state index < -0.39 is 10.0 Å². The van der Waals surface area contributed by atoms with Crippen molar-refractivity contribution in [1.82, 2.24) is 5.32 Å². The first-order valence-corrected chi connectivity index (χ1v) is 12.1. The quantitative estimate of drug-likeness (QED) is 0.631. The molecule has 0 saturated carbocycles. The van der Waals surface area contributed by atoms with Crippen LogP contribution < -0.4 is 9.62 Å². The molecular weight excluding hydrogens is 392 g/mol. The second-order valence-electron chi connectivity index (χ2n) is 6.89. The van der Waals surface area contributed by atoms with Gasteiger partial charge >= 0.3 is 0 Å². The minimum absolute atomic E-state index is 0.217. The van der Waals surface area contributed by atoms with Crippen molar-refractivity contribution in [2.24, 2.45) is 0 Å². The summed E-state index contributed by atoms with van der Waals surface area (Å²) in [4.78, 5) is 12.3. The fraction of sp³-hybridized carbons (Fsp3) is 0.381. The van der Waals surface area contributed by atoms with Gasteiger partial charge in [0.15, 0.2) is 0 Å².